The van der Waals surface area contributed by atoms with Crippen LogP contribution in [0.3, 0.4) is 0 Å². The molecule has 0 bridgehead atoms. The number of aliphatic hydroxyl groups is 1. The second-order valence-electron chi connectivity index (χ2n) is 9.35. The van der Waals surface area contributed by atoms with Crippen LogP contribution >= 0.6 is 33.9 Å². The van der Waals surface area contributed by atoms with Crippen molar-refractivity contribution in [2.75, 3.05) is 13.2 Å². The Labute approximate surface area is 203 Å². The highest BCUT2D eigenvalue weighted by Crippen LogP contribution is 2.44. The van der Waals surface area contributed by atoms with Crippen molar-refractivity contribution in [3.05, 3.63) is 69.9 Å². The molecule has 0 radical (unpaired) electrons. The van der Waals surface area contributed by atoms with Crippen molar-refractivity contribution in [1.29, 1.82) is 0 Å². The van der Waals surface area contributed by atoms with Gasteiger partial charge in [-0.25, -0.2) is 0 Å². The van der Waals surface area contributed by atoms with E-state index in [0.717, 1.165) is 10.8 Å². The topological polar surface area (TPSA) is 41.5 Å². The molecule has 1 aliphatic rings. The molecule has 1 aliphatic carbocycles. The Morgan fingerprint density at radius 1 is 1.16 bits per heavy atom. The van der Waals surface area contributed by atoms with E-state index in [1.165, 1.54) is 39.6 Å². The van der Waals surface area contributed by atoms with Gasteiger partial charge in [-0.1, -0.05) is 65.1 Å². The van der Waals surface area contributed by atoms with Gasteiger partial charge in [0.1, 0.15) is 0 Å². The fourth-order valence-electron chi connectivity index (χ4n) is 4.11. The summed E-state index contributed by atoms with van der Waals surface area (Å²) in [5.41, 5.74) is 2.48. The average molecular weight is 550 g/mol. The number of thiophene rings is 1. The normalized spacial score (nSPS) is 16.5. The van der Waals surface area contributed by atoms with Crippen molar-refractivity contribution in [3.8, 4) is 0 Å². The Kier molecular flexibility index (Phi) is 7.70. The average Bonchev–Trinajstić information content (AvgIpc) is 3.48. The molecule has 166 valence electrons. The second-order valence-corrected chi connectivity index (χ2v) is 11.1. The van der Waals surface area contributed by atoms with Crippen LogP contribution in [0.4, 0.5) is 0 Å². The summed E-state index contributed by atoms with van der Waals surface area (Å²) in [5, 5.41) is 18.9. The van der Waals surface area contributed by atoms with Crippen molar-refractivity contribution < 1.29 is 9.84 Å². The molecule has 2 N–H and O–H groups in total. The lowest BCUT2D eigenvalue weighted by Crippen LogP contribution is -2.46. The van der Waals surface area contributed by atoms with Gasteiger partial charge in [0.25, 0.3) is 0 Å². The smallest absolute Gasteiger partial charge is 0.0898 e. The van der Waals surface area contributed by atoms with Gasteiger partial charge in [-0.3, -0.25) is 0 Å². The summed E-state index contributed by atoms with van der Waals surface area (Å²) < 4.78 is 7.26. The third-order valence-corrected chi connectivity index (χ3v) is 8.22. The van der Waals surface area contributed by atoms with Crippen LogP contribution in [0.25, 0.3) is 10.8 Å². The number of alkyl halides is 1. The molecule has 1 fully saturated rings. The number of ether oxygens (including phenoxy) is 1. The zero-order valence-corrected chi connectivity index (χ0v) is 21.3. The van der Waals surface area contributed by atoms with E-state index < -0.39 is 6.10 Å². The summed E-state index contributed by atoms with van der Waals surface area (Å²) in [4.78, 5) is 1.39. The first-order valence-electron chi connectivity index (χ1n) is 11.1. The number of rotatable bonds is 11. The molecular weight excluding hydrogens is 517 g/mol. The van der Waals surface area contributed by atoms with Crippen LogP contribution in [0.15, 0.2) is 53.9 Å². The number of hydrogen-bond donors (Lipinski definition) is 2. The molecule has 0 spiro atoms. The maximum atomic E-state index is 10.6. The SMILES string of the molecule is CC(C)(Cc1ccc2ccccc2c1)NC[C@@H](O)COC(c1csc(CI)c1)C1CC1. The fourth-order valence-corrected chi connectivity index (χ4v) is 5.63. The maximum Gasteiger partial charge on any atom is 0.0898 e. The molecular formula is C26H32INO2S. The van der Waals surface area contributed by atoms with E-state index >= 15 is 0 Å². The molecule has 3 aromatic rings. The Balaban J connectivity index is 1.28. The number of halogens is 1. The zero-order chi connectivity index (χ0) is 21.8. The van der Waals surface area contributed by atoms with E-state index in [0.29, 0.717) is 19.1 Å². The minimum atomic E-state index is -0.514. The van der Waals surface area contributed by atoms with Crippen LogP contribution in [-0.2, 0) is 15.6 Å². The van der Waals surface area contributed by atoms with Gasteiger partial charge in [0.2, 0.25) is 0 Å². The number of nitrogens with one attached hydrogen (secondary N) is 1. The summed E-state index contributed by atoms with van der Waals surface area (Å²) in [6.07, 6.45) is 2.98. The van der Waals surface area contributed by atoms with Crippen LogP contribution in [0.1, 0.15) is 48.8 Å². The van der Waals surface area contributed by atoms with Crippen LogP contribution in [0.5, 0.6) is 0 Å². The van der Waals surface area contributed by atoms with Gasteiger partial charge in [-0.05, 0) is 72.4 Å². The molecule has 3 nitrogen and oxygen atoms in total. The minimum Gasteiger partial charge on any atom is -0.389 e. The van der Waals surface area contributed by atoms with Crippen LogP contribution in [0.2, 0.25) is 0 Å². The quantitative estimate of drug-likeness (QED) is 0.219. The van der Waals surface area contributed by atoms with E-state index in [9.17, 15) is 5.11 Å². The summed E-state index contributed by atoms with van der Waals surface area (Å²) >= 11 is 4.22. The Morgan fingerprint density at radius 3 is 2.65 bits per heavy atom. The number of fused-ring (bicyclic) bond motifs is 1. The first-order valence-corrected chi connectivity index (χ1v) is 13.5. The maximum absolute atomic E-state index is 10.6. The van der Waals surface area contributed by atoms with Gasteiger partial charge in [0, 0.05) is 21.4 Å². The molecule has 2 atom stereocenters. The van der Waals surface area contributed by atoms with Gasteiger partial charge in [-0.2, -0.15) is 0 Å². The summed E-state index contributed by atoms with van der Waals surface area (Å²) in [6.45, 7) is 5.29. The lowest BCUT2D eigenvalue weighted by molar-refractivity contribution is -0.0209. The first-order chi connectivity index (χ1) is 14.9. The van der Waals surface area contributed by atoms with Gasteiger partial charge in [0.15, 0.2) is 0 Å². The summed E-state index contributed by atoms with van der Waals surface area (Å²) in [5.74, 6) is 0.612. The van der Waals surface area contributed by atoms with E-state index in [-0.39, 0.29) is 11.6 Å². The second kappa shape index (κ2) is 10.3. The van der Waals surface area contributed by atoms with Crippen LogP contribution in [-0.4, -0.2) is 29.9 Å². The molecule has 2 aromatic carbocycles. The largest absolute Gasteiger partial charge is 0.389 e. The molecule has 1 unspecified atom stereocenters. The lowest BCUT2D eigenvalue weighted by atomic mass is 9.93. The summed E-state index contributed by atoms with van der Waals surface area (Å²) in [6, 6.07) is 17.4. The van der Waals surface area contributed by atoms with Crippen molar-refractivity contribution in [2.24, 2.45) is 5.92 Å². The standard InChI is InChI=1S/C26H32INO2S/c1-26(2,13-18-7-8-19-5-3-4-6-21(19)11-18)28-15-23(29)16-30-25(20-9-10-20)22-12-24(14-27)31-17-22/h3-8,11-12,17,20,23,25,28-29H,9-10,13-16H2,1-2H3/t23-,25?/m1/s1. The molecule has 0 amide bonds. The van der Waals surface area contributed by atoms with Crippen molar-refractivity contribution >= 4 is 44.7 Å². The number of aliphatic hydroxyl groups excluding tert-OH is 1. The van der Waals surface area contributed by atoms with Crippen molar-refractivity contribution in [3.63, 3.8) is 0 Å². The molecule has 31 heavy (non-hydrogen) atoms. The van der Waals surface area contributed by atoms with Gasteiger partial charge < -0.3 is 15.2 Å². The van der Waals surface area contributed by atoms with Gasteiger partial charge >= 0.3 is 0 Å². The van der Waals surface area contributed by atoms with Gasteiger partial charge in [0.05, 0.1) is 18.8 Å². The highest BCUT2D eigenvalue weighted by atomic mass is 127. The third kappa shape index (κ3) is 6.51. The van der Waals surface area contributed by atoms with Crippen molar-refractivity contribution in [2.45, 2.75) is 55.3 Å². The third-order valence-electron chi connectivity index (χ3n) is 5.93. The zero-order valence-electron chi connectivity index (χ0n) is 18.3. The predicted octanol–water partition coefficient (Wildman–Crippen LogP) is 6.28. The van der Waals surface area contributed by atoms with Crippen LogP contribution in [0, 0.1) is 5.92 Å². The molecule has 5 heteroatoms. The highest BCUT2D eigenvalue weighted by molar-refractivity contribution is 14.1. The molecule has 4 rings (SSSR count). The lowest BCUT2D eigenvalue weighted by Gasteiger charge is -2.28. The Hall–Kier alpha value is -0.990. The molecule has 1 saturated carbocycles. The Bertz CT molecular complexity index is 998. The van der Waals surface area contributed by atoms with Crippen LogP contribution < -0.4 is 5.32 Å². The minimum absolute atomic E-state index is 0.109. The van der Waals surface area contributed by atoms with E-state index in [1.54, 1.807) is 0 Å². The van der Waals surface area contributed by atoms with Crippen molar-refractivity contribution in [1.82, 2.24) is 5.32 Å². The molecule has 0 saturated heterocycles. The summed E-state index contributed by atoms with van der Waals surface area (Å²) in [7, 11) is 0. The predicted molar refractivity (Wildman–Crippen MR) is 139 cm³/mol. The number of hydrogen-bond acceptors (Lipinski definition) is 4. The molecule has 1 aromatic heterocycles. The fraction of sp³-hybridized carbons (Fsp3) is 0.462. The van der Waals surface area contributed by atoms with Gasteiger partial charge in [-0.15, -0.1) is 11.3 Å². The van der Waals surface area contributed by atoms with E-state index in [2.05, 4.69) is 95.7 Å². The number of β-amino-alcohol motifs (C(OH)–C–C–N with tert-alkyl or cyclic N) is 1. The highest BCUT2D eigenvalue weighted by Gasteiger charge is 2.34. The Morgan fingerprint density at radius 2 is 1.94 bits per heavy atom. The monoisotopic (exact) mass is 549 g/mol. The number of benzene rings is 2. The first kappa shape index (κ1) is 23.2. The molecule has 1 heterocycles. The van der Waals surface area contributed by atoms with E-state index in [4.69, 9.17) is 4.74 Å². The van der Waals surface area contributed by atoms with E-state index in [1.807, 2.05) is 11.3 Å². The molecule has 0 aliphatic heterocycles.